The van der Waals surface area contributed by atoms with Gasteiger partial charge in [-0.05, 0) is 60.2 Å². The molecule has 4 aromatic heterocycles. The molecule has 2 atom stereocenters. The monoisotopic (exact) mass is 412 g/mol. The second-order valence-electron chi connectivity index (χ2n) is 7.13. The van der Waals surface area contributed by atoms with Gasteiger partial charge < -0.3 is 14.8 Å². The van der Waals surface area contributed by atoms with E-state index in [-0.39, 0.29) is 12.1 Å². The second kappa shape index (κ2) is 8.04. The number of hydrogen-bond donors (Lipinski definition) is 1. The van der Waals surface area contributed by atoms with Crippen LogP contribution in [0.4, 0.5) is 0 Å². The Balaban J connectivity index is 1.60. The molecule has 1 saturated heterocycles. The maximum Gasteiger partial charge on any atom is 0.170 e. The molecule has 0 aliphatic carbocycles. The van der Waals surface area contributed by atoms with E-state index >= 15 is 0 Å². The predicted molar refractivity (Wildman–Crippen MR) is 119 cm³/mol. The fourth-order valence-corrected chi connectivity index (χ4v) is 4.26. The Kier molecular flexibility index (Phi) is 4.94. The summed E-state index contributed by atoms with van der Waals surface area (Å²) in [5, 5.41) is 4.21. The molecule has 1 aliphatic rings. The van der Waals surface area contributed by atoms with Gasteiger partial charge >= 0.3 is 0 Å². The number of nitrogens with zero attached hydrogens (tertiary/aromatic N) is 5. The van der Waals surface area contributed by atoms with Crippen LogP contribution in [0.25, 0.3) is 5.69 Å². The average Bonchev–Trinajstić information content (AvgIpc) is 3.40. The highest BCUT2D eigenvalue weighted by molar-refractivity contribution is 7.80. The van der Waals surface area contributed by atoms with Crippen molar-refractivity contribution < 1.29 is 0 Å². The molecule has 1 fully saturated rings. The van der Waals surface area contributed by atoms with Crippen LogP contribution < -0.4 is 5.32 Å². The molecule has 5 rings (SSSR count). The van der Waals surface area contributed by atoms with Gasteiger partial charge in [0.25, 0.3) is 0 Å². The van der Waals surface area contributed by atoms with E-state index in [0.717, 1.165) is 22.6 Å². The number of nitrogens with one attached hydrogen (secondary N) is 1. The van der Waals surface area contributed by atoms with E-state index in [4.69, 9.17) is 12.2 Å². The summed E-state index contributed by atoms with van der Waals surface area (Å²) in [5.41, 5.74) is 4.19. The van der Waals surface area contributed by atoms with Crippen LogP contribution in [0.15, 0.2) is 91.8 Å². The molecular formula is C23H20N6S. The lowest BCUT2D eigenvalue weighted by molar-refractivity contribution is 0.302. The SMILES string of the molecule is S=C1N[C@H](c2ccccn2)[C@@H](c2cccn2-c2cccnc2)N1Cc1cccnc1. The molecule has 1 N–H and O–H groups in total. The Bertz CT molecular complexity index is 1130. The van der Waals surface area contributed by atoms with Crippen LogP contribution in [0.3, 0.4) is 0 Å². The maximum atomic E-state index is 5.77. The number of aromatic nitrogens is 4. The number of pyridine rings is 3. The largest absolute Gasteiger partial charge is 0.352 e. The molecule has 0 bridgehead atoms. The Hall–Kier alpha value is -3.58. The molecule has 6 nitrogen and oxygen atoms in total. The van der Waals surface area contributed by atoms with Gasteiger partial charge in [0.2, 0.25) is 0 Å². The van der Waals surface area contributed by atoms with E-state index in [1.807, 2.05) is 48.9 Å². The first-order valence-corrected chi connectivity index (χ1v) is 10.2. The zero-order valence-electron chi connectivity index (χ0n) is 16.2. The summed E-state index contributed by atoms with van der Waals surface area (Å²) in [4.78, 5) is 15.4. The minimum atomic E-state index is -0.0688. The first-order chi connectivity index (χ1) is 14.8. The second-order valence-corrected chi connectivity index (χ2v) is 7.52. The van der Waals surface area contributed by atoms with E-state index in [1.54, 1.807) is 12.4 Å². The van der Waals surface area contributed by atoms with Gasteiger partial charge in [0.05, 0.1) is 29.7 Å². The lowest BCUT2D eigenvalue weighted by Crippen LogP contribution is -2.30. The van der Waals surface area contributed by atoms with Crippen LogP contribution in [0.2, 0.25) is 0 Å². The standard InChI is InChI=1S/C23H20N6S/c30-23-27-21(19-8-1-2-12-26-19)22(29(23)16-17-6-3-10-24-14-17)20-9-5-13-28(20)18-7-4-11-25-15-18/h1-15,21-22H,16H2,(H,27,30)/t21-,22-/m1/s1. The minimum Gasteiger partial charge on any atom is -0.352 e. The summed E-state index contributed by atoms with van der Waals surface area (Å²) in [6.07, 6.45) is 11.2. The molecule has 7 heteroatoms. The molecule has 1 aliphatic heterocycles. The minimum absolute atomic E-state index is 0.0391. The number of hydrogen-bond acceptors (Lipinski definition) is 4. The van der Waals surface area contributed by atoms with E-state index < -0.39 is 0 Å². The van der Waals surface area contributed by atoms with Crippen molar-refractivity contribution >= 4 is 17.3 Å². The molecule has 0 aromatic carbocycles. The third-order valence-electron chi connectivity index (χ3n) is 5.28. The van der Waals surface area contributed by atoms with Gasteiger partial charge in [-0.2, -0.15) is 0 Å². The molecule has 5 heterocycles. The van der Waals surface area contributed by atoms with Gasteiger partial charge in [-0.3, -0.25) is 15.0 Å². The lowest BCUT2D eigenvalue weighted by Gasteiger charge is -2.29. The van der Waals surface area contributed by atoms with Crippen LogP contribution in [0.5, 0.6) is 0 Å². The zero-order valence-corrected chi connectivity index (χ0v) is 17.0. The lowest BCUT2D eigenvalue weighted by atomic mass is 10.0. The third kappa shape index (κ3) is 3.44. The van der Waals surface area contributed by atoms with Crippen LogP contribution in [0, 0.1) is 0 Å². The first kappa shape index (κ1) is 18.4. The van der Waals surface area contributed by atoms with Gasteiger partial charge in [0, 0.05) is 43.2 Å². The van der Waals surface area contributed by atoms with Crippen molar-refractivity contribution in [1.82, 2.24) is 29.7 Å². The Morgan fingerprint density at radius 3 is 2.50 bits per heavy atom. The van der Waals surface area contributed by atoms with E-state index in [1.165, 1.54) is 0 Å². The van der Waals surface area contributed by atoms with Gasteiger partial charge in [-0.1, -0.05) is 12.1 Å². The summed E-state index contributed by atoms with van der Waals surface area (Å²) in [6.45, 7) is 0.659. The quantitative estimate of drug-likeness (QED) is 0.503. The molecule has 0 spiro atoms. The highest BCUT2D eigenvalue weighted by Gasteiger charge is 2.41. The molecule has 0 unspecified atom stereocenters. The summed E-state index contributed by atoms with van der Waals surface area (Å²) >= 11 is 5.77. The van der Waals surface area contributed by atoms with Crippen LogP contribution in [-0.4, -0.2) is 29.5 Å². The Labute approximate surface area is 180 Å². The van der Waals surface area contributed by atoms with Crippen LogP contribution in [0.1, 0.15) is 29.0 Å². The fourth-order valence-electron chi connectivity index (χ4n) is 3.95. The summed E-state index contributed by atoms with van der Waals surface area (Å²) in [7, 11) is 0. The molecule has 30 heavy (non-hydrogen) atoms. The topological polar surface area (TPSA) is 58.9 Å². The number of thiocarbonyl (C=S) groups is 1. The van der Waals surface area contributed by atoms with E-state index in [2.05, 4.69) is 60.2 Å². The molecule has 0 amide bonds. The van der Waals surface area contributed by atoms with Gasteiger partial charge in [-0.25, -0.2) is 0 Å². The van der Waals surface area contributed by atoms with Crippen molar-refractivity contribution in [1.29, 1.82) is 0 Å². The van der Waals surface area contributed by atoms with Crippen LogP contribution >= 0.6 is 12.2 Å². The van der Waals surface area contributed by atoms with Gasteiger partial charge in [0.1, 0.15) is 0 Å². The summed E-state index contributed by atoms with van der Waals surface area (Å²) in [6, 6.07) is 18.1. The maximum absolute atomic E-state index is 5.77. The van der Waals surface area contributed by atoms with Crippen molar-refractivity contribution in [3.05, 3.63) is 109 Å². The fraction of sp³-hybridized carbons (Fsp3) is 0.130. The summed E-state index contributed by atoms with van der Waals surface area (Å²) < 4.78 is 2.17. The van der Waals surface area contributed by atoms with Crippen molar-refractivity contribution in [2.75, 3.05) is 0 Å². The molecular weight excluding hydrogens is 392 g/mol. The Morgan fingerprint density at radius 2 is 1.77 bits per heavy atom. The average molecular weight is 413 g/mol. The number of rotatable bonds is 5. The highest BCUT2D eigenvalue weighted by Crippen LogP contribution is 2.40. The van der Waals surface area contributed by atoms with Crippen LogP contribution in [-0.2, 0) is 6.54 Å². The summed E-state index contributed by atoms with van der Waals surface area (Å²) in [5.74, 6) is 0. The van der Waals surface area contributed by atoms with E-state index in [0.29, 0.717) is 11.7 Å². The normalized spacial score (nSPS) is 18.4. The molecule has 0 radical (unpaired) electrons. The van der Waals surface area contributed by atoms with Crippen molar-refractivity contribution in [3.63, 3.8) is 0 Å². The molecule has 148 valence electrons. The molecule has 0 saturated carbocycles. The van der Waals surface area contributed by atoms with Crippen molar-refractivity contribution in [2.24, 2.45) is 0 Å². The zero-order chi connectivity index (χ0) is 20.3. The van der Waals surface area contributed by atoms with Crippen molar-refractivity contribution in [3.8, 4) is 5.69 Å². The Morgan fingerprint density at radius 1 is 0.900 bits per heavy atom. The van der Waals surface area contributed by atoms with Gasteiger partial charge in [-0.15, -0.1) is 0 Å². The smallest absolute Gasteiger partial charge is 0.170 e. The first-order valence-electron chi connectivity index (χ1n) is 9.76. The third-order valence-corrected chi connectivity index (χ3v) is 5.63. The van der Waals surface area contributed by atoms with E-state index in [9.17, 15) is 0 Å². The van der Waals surface area contributed by atoms with Gasteiger partial charge in [0.15, 0.2) is 5.11 Å². The predicted octanol–water partition coefficient (Wildman–Crippen LogP) is 3.84. The highest BCUT2D eigenvalue weighted by atomic mass is 32.1. The van der Waals surface area contributed by atoms with Crippen molar-refractivity contribution in [2.45, 2.75) is 18.6 Å². The molecule has 4 aromatic rings.